The van der Waals surface area contributed by atoms with Gasteiger partial charge < -0.3 is 9.64 Å². The van der Waals surface area contributed by atoms with Crippen molar-refractivity contribution in [3.05, 3.63) is 24.3 Å². The van der Waals surface area contributed by atoms with Gasteiger partial charge in [-0.2, -0.15) is 5.26 Å². The van der Waals surface area contributed by atoms with Crippen molar-refractivity contribution < 1.29 is 4.74 Å². The SMILES string of the molecule is N#CCOc1cccc(N2CC3(CCCCC3)C2)c1. The van der Waals surface area contributed by atoms with Crippen molar-refractivity contribution in [2.75, 3.05) is 24.6 Å². The van der Waals surface area contributed by atoms with Gasteiger partial charge in [0, 0.05) is 30.3 Å². The quantitative estimate of drug-likeness (QED) is 0.832. The molecule has 1 spiro atoms. The second-order valence-corrected chi connectivity index (χ2v) is 5.86. The minimum Gasteiger partial charge on any atom is -0.479 e. The number of anilines is 1. The van der Waals surface area contributed by atoms with Gasteiger partial charge >= 0.3 is 0 Å². The first kappa shape index (κ1) is 12.3. The summed E-state index contributed by atoms with van der Waals surface area (Å²) >= 11 is 0. The van der Waals surface area contributed by atoms with Crippen molar-refractivity contribution >= 4 is 5.69 Å². The molecule has 0 amide bonds. The van der Waals surface area contributed by atoms with Crippen molar-refractivity contribution in [3.63, 3.8) is 0 Å². The third-order valence-corrected chi connectivity index (χ3v) is 4.45. The summed E-state index contributed by atoms with van der Waals surface area (Å²) in [5.74, 6) is 0.795. The van der Waals surface area contributed by atoms with E-state index in [4.69, 9.17) is 10.00 Å². The highest BCUT2D eigenvalue weighted by Gasteiger charge is 2.43. The smallest absolute Gasteiger partial charge is 0.174 e. The molecule has 1 aliphatic heterocycles. The van der Waals surface area contributed by atoms with Crippen LogP contribution < -0.4 is 9.64 Å². The van der Waals surface area contributed by atoms with Gasteiger partial charge in [-0.3, -0.25) is 0 Å². The highest BCUT2D eigenvalue weighted by Crippen LogP contribution is 2.45. The molecule has 1 aromatic carbocycles. The number of nitriles is 1. The van der Waals surface area contributed by atoms with Crippen molar-refractivity contribution in [2.24, 2.45) is 5.41 Å². The predicted octanol–water partition coefficient (Wildman–Crippen LogP) is 3.36. The Morgan fingerprint density at radius 1 is 1.21 bits per heavy atom. The number of ether oxygens (including phenoxy) is 1. The zero-order valence-corrected chi connectivity index (χ0v) is 11.3. The standard InChI is InChI=1S/C16H20N2O/c17-9-10-19-15-6-4-5-14(11-15)18-12-16(13-18)7-2-1-3-8-16/h4-6,11H,1-3,7-8,10,12-13H2. The molecule has 1 saturated carbocycles. The Kier molecular flexibility index (Phi) is 3.33. The maximum absolute atomic E-state index is 8.54. The lowest BCUT2D eigenvalue weighted by Crippen LogP contribution is -2.57. The molecule has 3 nitrogen and oxygen atoms in total. The van der Waals surface area contributed by atoms with Crippen LogP contribution in [0, 0.1) is 16.7 Å². The van der Waals surface area contributed by atoms with Gasteiger partial charge in [-0.15, -0.1) is 0 Å². The fraction of sp³-hybridized carbons (Fsp3) is 0.562. The molecule has 1 saturated heterocycles. The van der Waals surface area contributed by atoms with Gasteiger partial charge in [0.2, 0.25) is 0 Å². The topological polar surface area (TPSA) is 36.3 Å². The van der Waals surface area contributed by atoms with Crippen LogP contribution in [0.15, 0.2) is 24.3 Å². The van der Waals surface area contributed by atoms with Crippen LogP contribution in [0.4, 0.5) is 5.69 Å². The Hall–Kier alpha value is -1.69. The molecule has 0 atom stereocenters. The zero-order chi connectivity index (χ0) is 13.1. The van der Waals surface area contributed by atoms with Gasteiger partial charge in [-0.05, 0) is 25.0 Å². The van der Waals surface area contributed by atoms with Crippen LogP contribution in [0.2, 0.25) is 0 Å². The lowest BCUT2D eigenvalue weighted by molar-refractivity contribution is 0.139. The highest BCUT2D eigenvalue weighted by molar-refractivity contribution is 5.53. The summed E-state index contributed by atoms with van der Waals surface area (Å²) < 4.78 is 5.36. The molecule has 3 heteroatoms. The first-order valence-electron chi connectivity index (χ1n) is 7.16. The molecule has 0 bridgehead atoms. The number of rotatable bonds is 3. The van der Waals surface area contributed by atoms with Gasteiger partial charge in [0.15, 0.2) is 6.61 Å². The Bertz CT molecular complexity index is 478. The van der Waals surface area contributed by atoms with E-state index in [2.05, 4.69) is 11.0 Å². The molecular weight excluding hydrogens is 236 g/mol. The molecule has 19 heavy (non-hydrogen) atoms. The Balaban J connectivity index is 1.63. The van der Waals surface area contributed by atoms with Crippen molar-refractivity contribution in [3.8, 4) is 11.8 Å². The highest BCUT2D eigenvalue weighted by atomic mass is 16.5. The molecule has 100 valence electrons. The number of hydrogen-bond acceptors (Lipinski definition) is 3. The largest absolute Gasteiger partial charge is 0.479 e. The van der Waals surface area contributed by atoms with Crippen LogP contribution in [0.1, 0.15) is 32.1 Å². The summed E-state index contributed by atoms with van der Waals surface area (Å²) in [7, 11) is 0. The monoisotopic (exact) mass is 256 g/mol. The van der Waals surface area contributed by atoms with Crippen LogP contribution in [0.25, 0.3) is 0 Å². The van der Waals surface area contributed by atoms with E-state index in [9.17, 15) is 0 Å². The van der Waals surface area contributed by atoms with E-state index >= 15 is 0 Å². The summed E-state index contributed by atoms with van der Waals surface area (Å²) in [6.45, 7) is 2.50. The molecule has 1 aromatic rings. The molecule has 3 rings (SSSR count). The lowest BCUT2D eigenvalue weighted by Gasteiger charge is -2.53. The van der Waals surface area contributed by atoms with Crippen LogP contribution in [0.3, 0.4) is 0 Å². The van der Waals surface area contributed by atoms with Gasteiger partial charge in [-0.25, -0.2) is 0 Å². The van der Waals surface area contributed by atoms with Crippen LogP contribution in [-0.2, 0) is 0 Å². The molecule has 0 N–H and O–H groups in total. The Labute approximate surface area is 114 Å². The van der Waals surface area contributed by atoms with Crippen molar-refractivity contribution in [2.45, 2.75) is 32.1 Å². The fourth-order valence-electron chi connectivity index (χ4n) is 3.45. The van der Waals surface area contributed by atoms with Crippen molar-refractivity contribution in [1.82, 2.24) is 0 Å². The Morgan fingerprint density at radius 3 is 2.74 bits per heavy atom. The molecule has 0 unspecified atom stereocenters. The predicted molar refractivity (Wildman–Crippen MR) is 75.3 cm³/mol. The van der Waals surface area contributed by atoms with E-state index in [1.807, 2.05) is 24.3 Å². The molecule has 1 heterocycles. The average molecular weight is 256 g/mol. The fourth-order valence-corrected chi connectivity index (χ4v) is 3.45. The Morgan fingerprint density at radius 2 is 2.00 bits per heavy atom. The van der Waals surface area contributed by atoms with Gasteiger partial charge in [-0.1, -0.05) is 25.3 Å². The molecular formula is C16H20N2O. The number of benzene rings is 1. The molecule has 2 aliphatic rings. The lowest BCUT2D eigenvalue weighted by atomic mass is 9.68. The zero-order valence-electron chi connectivity index (χ0n) is 11.3. The van der Waals surface area contributed by atoms with Crippen LogP contribution in [0.5, 0.6) is 5.75 Å². The maximum atomic E-state index is 8.54. The second kappa shape index (κ2) is 5.13. The van der Waals surface area contributed by atoms with Crippen LogP contribution >= 0.6 is 0 Å². The van der Waals surface area contributed by atoms with E-state index in [0.29, 0.717) is 5.41 Å². The summed E-state index contributed by atoms with van der Waals surface area (Å²) in [5.41, 5.74) is 1.83. The molecule has 0 aromatic heterocycles. The second-order valence-electron chi connectivity index (χ2n) is 5.86. The summed E-state index contributed by atoms with van der Waals surface area (Å²) in [6.07, 6.45) is 7.01. The van der Waals surface area contributed by atoms with E-state index in [1.165, 1.54) is 50.9 Å². The van der Waals surface area contributed by atoms with Crippen LogP contribution in [-0.4, -0.2) is 19.7 Å². The molecule has 1 aliphatic carbocycles. The third-order valence-electron chi connectivity index (χ3n) is 4.45. The first-order valence-corrected chi connectivity index (χ1v) is 7.16. The van der Waals surface area contributed by atoms with E-state index in [0.717, 1.165) is 5.75 Å². The average Bonchev–Trinajstić information content (AvgIpc) is 2.43. The molecule has 2 fully saturated rings. The molecule has 0 radical (unpaired) electrons. The third kappa shape index (κ3) is 2.53. The summed E-state index contributed by atoms with van der Waals surface area (Å²) in [4.78, 5) is 2.44. The minimum atomic E-state index is 0.118. The number of hydrogen-bond donors (Lipinski definition) is 0. The van der Waals surface area contributed by atoms with Gasteiger partial charge in [0.25, 0.3) is 0 Å². The van der Waals surface area contributed by atoms with Gasteiger partial charge in [0.1, 0.15) is 11.8 Å². The van der Waals surface area contributed by atoms with Gasteiger partial charge in [0.05, 0.1) is 0 Å². The summed E-state index contributed by atoms with van der Waals surface area (Å²) in [6, 6.07) is 10.1. The maximum Gasteiger partial charge on any atom is 0.174 e. The first-order chi connectivity index (χ1) is 9.31. The van der Waals surface area contributed by atoms with Crippen molar-refractivity contribution in [1.29, 1.82) is 5.26 Å². The van der Waals surface area contributed by atoms with E-state index < -0.39 is 0 Å². The van der Waals surface area contributed by atoms with E-state index in [1.54, 1.807) is 0 Å². The minimum absolute atomic E-state index is 0.118. The number of nitrogens with zero attached hydrogens (tertiary/aromatic N) is 2. The summed E-state index contributed by atoms with van der Waals surface area (Å²) in [5, 5.41) is 8.54. The van der Waals surface area contributed by atoms with E-state index in [-0.39, 0.29) is 6.61 Å². The normalized spacial score (nSPS) is 20.7.